The number of nitrogens with one attached hydrogen (secondary N) is 1. The van der Waals surface area contributed by atoms with E-state index >= 15 is 0 Å². The van der Waals surface area contributed by atoms with E-state index in [1.54, 1.807) is 19.2 Å². The molecule has 0 radical (unpaired) electrons. The van der Waals surface area contributed by atoms with Crippen LogP contribution in [0.5, 0.6) is 5.75 Å². The summed E-state index contributed by atoms with van der Waals surface area (Å²) in [6, 6.07) is 11.1. The Morgan fingerprint density at radius 2 is 2.16 bits per heavy atom. The van der Waals surface area contributed by atoms with Crippen LogP contribution in [0.1, 0.15) is 28.1 Å². The van der Waals surface area contributed by atoms with Crippen molar-refractivity contribution in [1.29, 1.82) is 0 Å². The number of ether oxygens (including phenoxy) is 1. The number of benzene rings is 1. The molecule has 0 saturated heterocycles. The van der Waals surface area contributed by atoms with E-state index in [0.717, 1.165) is 36.4 Å². The molecule has 1 amide bonds. The highest BCUT2D eigenvalue weighted by Crippen LogP contribution is 2.29. The molecule has 1 aliphatic rings. The van der Waals surface area contributed by atoms with Crippen LogP contribution in [-0.2, 0) is 6.42 Å². The van der Waals surface area contributed by atoms with E-state index < -0.39 is 0 Å². The molecule has 0 saturated carbocycles. The molecule has 3 heterocycles. The van der Waals surface area contributed by atoms with E-state index in [4.69, 9.17) is 9.26 Å². The largest absolute Gasteiger partial charge is 0.493 e. The Hall–Kier alpha value is -3.15. The van der Waals surface area contributed by atoms with Crippen LogP contribution in [0.15, 0.2) is 47.1 Å². The number of aryl methyl sites for hydroxylation is 2. The number of hydrogen-bond donors (Lipinski definition) is 1. The van der Waals surface area contributed by atoms with Crippen LogP contribution >= 0.6 is 0 Å². The molecule has 1 aromatic carbocycles. The van der Waals surface area contributed by atoms with E-state index in [1.165, 1.54) is 0 Å². The Balaban J connectivity index is 1.63. The fraction of sp³-hybridized carbons (Fsp3) is 0.211. The maximum atomic E-state index is 12.8. The fourth-order valence-electron chi connectivity index (χ4n) is 2.95. The van der Waals surface area contributed by atoms with Gasteiger partial charge < -0.3 is 14.6 Å². The maximum Gasteiger partial charge on any atom is 0.261 e. The van der Waals surface area contributed by atoms with Gasteiger partial charge in [0.2, 0.25) is 0 Å². The average Bonchev–Trinajstić information content (AvgIpc) is 3.04. The van der Waals surface area contributed by atoms with E-state index in [0.29, 0.717) is 22.7 Å². The van der Waals surface area contributed by atoms with Crippen molar-refractivity contribution in [2.75, 3.05) is 11.9 Å². The zero-order valence-electron chi connectivity index (χ0n) is 13.8. The number of pyridine rings is 1. The van der Waals surface area contributed by atoms with Gasteiger partial charge in [-0.25, -0.2) is 0 Å². The molecule has 25 heavy (non-hydrogen) atoms. The van der Waals surface area contributed by atoms with Gasteiger partial charge in [0.05, 0.1) is 12.3 Å². The summed E-state index contributed by atoms with van der Waals surface area (Å²) in [6.45, 7) is 2.46. The summed E-state index contributed by atoms with van der Waals surface area (Å²) >= 11 is 0. The lowest BCUT2D eigenvalue weighted by Crippen LogP contribution is -2.15. The number of carbonyl (C=O) groups is 1. The summed E-state index contributed by atoms with van der Waals surface area (Å²) in [5.41, 5.74) is 3.27. The Morgan fingerprint density at radius 3 is 3.00 bits per heavy atom. The number of fused-ring (bicyclic) bond motifs is 1. The van der Waals surface area contributed by atoms with Crippen molar-refractivity contribution in [1.82, 2.24) is 10.1 Å². The van der Waals surface area contributed by atoms with Crippen LogP contribution in [0.4, 0.5) is 5.69 Å². The number of nitrogens with zero attached hydrogens (tertiary/aromatic N) is 2. The number of anilines is 1. The van der Waals surface area contributed by atoms with Gasteiger partial charge >= 0.3 is 0 Å². The molecule has 0 spiro atoms. The molecule has 4 rings (SSSR count). The number of aromatic nitrogens is 2. The fourth-order valence-corrected chi connectivity index (χ4v) is 2.95. The highest BCUT2D eigenvalue weighted by atomic mass is 16.5. The molecule has 1 N–H and O–H groups in total. The first-order chi connectivity index (χ1) is 12.2. The van der Waals surface area contributed by atoms with Gasteiger partial charge in [-0.1, -0.05) is 11.2 Å². The topological polar surface area (TPSA) is 77.2 Å². The van der Waals surface area contributed by atoms with Gasteiger partial charge in [0.25, 0.3) is 5.91 Å². The Labute approximate surface area is 144 Å². The lowest BCUT2D eigenvalue weighted by Gasteiger charge is -2.18. The second kappa shape index (κ2) is 6.39. The summed E-state index contributed by atoms with van der Waals surface area (Å²) in [7, 11) is 0. The predicted octanol–water partition coefficient (Wildman–Crippen LogP) is 3.62. The van der Waals surface area contributed by atoms with E-state index in [1.807, 2.05) is 30.3 Å². The highest BCUT2D eigenvalue weighted by Gasteiger charge is 2.23. The summed E-state index contributed by atoms with van der Waals surface area (Å²) in [5, 5.41) is 6.92. The third kappa shape index (κ3) is 2.98. The van der Waals surface area contributed by atoms with Crippen LogP contribution in [-0.4, -0.2) is 22.7 Å². The smallest absolute Gasteiger partial charge is 0.261 e. The third-order valence-electron chi connectivity index (χ3n) is 4.16. The average molecular weight is 335 g/mol. The lowest BCUT2D eigenvalue weighted by atomic mass is 10.1. The molecule has 0 unspecified atom stereocenters. The minimum absolute atomic E-state index is 0.268. The van der Waals surface area contributed by atoms with Gasteiger partial charge in [0.1, 0.15) is 22.8 Å². The van der Waals surface area contributed by atoms with E-state index in [9.17, 15) is 4.79 Å². The number of hydrogen-bond acceptors (Lipinski definition) is 5. The van der Waals surface area contributed by atoms with E-state index in [-0.39, 0.29) is 5.91 Å². The summed E-state index contributed by atoms with van der Waals surface area (Å²) < 4.78 is 10.8. The van der Waals surface area contributed by atoms with E-state index in [2.05, 4.69) is 15.5 Å². The standard InChI is InChI=1S/C19H17N3O3/c1-12-17(18(22-25-12)15-6-2-3-9-20-15)19(23)21-14-7-8-16-13(11-14)5-4-10-24-16/h2-3,6-9,11H,4-5,10H2,1H3,(H,21,23). The zero-order valence-corrected chi connectivity index (χ0v) is 13.8. The van der Waals surface area contributed by atoms with Gasteiger partial charge in [0.15, 0.2) is 0 Å². The van der Waals surface area contributed by atoms with Crippen LogP contribution < -0.4 is 10.1 Å². The molecule has 0 bridgehead atoms. The Morgan fingerprint density at radius 1 is 1.24 bits per heavy atom. The molecule has 0 fully saturated rings. The van der Waals surface area contributed by atoms with Crippen LogP contribution in [0.3, 0.4) is 0 Å². The van der Waals surface area contributed by atoms with Crippen molar-refractivity contribution in [3.63, 3.8) is 0 Å². The normalized spacial score (nSPS) is 13.0. The first-order valence-electron chi connectivity index (χ1n) is 8.17. The van der Waals surface area contributed by atoms with Crippen molar-refractivity contribution in [3.05, 3.63) is 59.5 Å². The van der Waals surface area contributed by atoms with Crippen molar-refractivity contribution >= 4 is 11.6 Å². The second-order valence-electron chi connectivity index (χ2n) is 5.91. The highest BCUT2D eigenvalue weighted by molar-refractivity contribution is 6.08. The quantitative estimate of drug-likeness (QED) is 0.791. The van der Waals surface area contributed by atoms with Crippen molar-refractivity contribution in [3.8, 4) is 17.1 Å². The summed E-state index contributed by atoms with van der Waals surface area (Å²) in [6.07, 6.45) is 3.59. The SMILES string of the molecule is Cc1onc(-c2ccccn2)c1C(=O)Nc1ccc2c(c1)CCCO2. The molecule has 3 aromatic rings. The van der Waals surface area contributed by atoms with Crippen LogP contribution in [0.25, 0.3) is 11.4 Å². The number of carbonyl (C=O) groups excluding carboxylic acids is 1. The third-order valence-corrected chi connectivity index (χ3v) is 4.16. The maximum absolute atomic E-state index is 12.8. The molecule has 0 aliphatic carbocycles. The minimum Gasteiger partial charge on any atom is -0.493 e. The van der Waals surface area contributed by atoms with Crippen LogP contribution in [0, 0.1) is 6.92 Å². The Kier molecular flexibility index (Phi) is 3.93. The molecule has 126 valence electrons. The van der Waals surface area contributed by atoms with Gasteiger partial charge in [-0.3, -0.25) is 9.78 Å². The number of amides is 1. The molecule has 2 aromatic heterocycles. The predicted molar refractivity (Wildman–Crippen MR) is 92.7 cm³/mol. The number of rotatable bonds is 3. The molecular formula is C19H17N3O3. The lowest BCUT2D eigenvalue weighted by molar-refractivity contribution is 0.102. The van der Waals surface area contributed by atoms with Gasteiger partial charge in [-0.15, -0.1) is 0 Å². The molecule has 6 heteroatoms. The molecule has 1 aliphatic heterocycles. The summed E-state index contributed by atoms with van der Waals surface area (Å²) in [5.74, 6) is 1.08. The first-order valence-corrected chi connectivity index (χ1v) is 8.17. The zero-order chi connectivity index (χ0) is 17.2. The van der Waals surface area contributed by atoms with Crippen molar-refractivity contribution in [2.45, 2.75) is 19.8 Å². The van der Waals surface area contributed by atoms with Gasteiger partial charge in [-0.05, 0) is 55.7 Å². The molecule has 0 atom stereocenters. The van der Waals surface area contributed by atoms with Crippen LogP contribution in [0.2, 0.25) is 0 Å². The van der Waals surface area contributed by atoms with Gasteiger partial charge in [0, 0.05) is 11.9 Å². The second-order valence-corrected chi connectivity index (χ2v) is 5.91. The summed E-state index contributed by atoms with van der Waals surface area (Å²) in [4.78, 5) is 17.0. The first kappa shape index (κ1) is 15.4. The van der Waals surface area contributed by atoms with Gasteiger partial charge in [-0.2, -0.15) is 0 Å². The monoisotopic (exact) mass is 335 g/mol. The van der Waals surface area contributed by atoms with Crippen molar-refractivity contribution in [2.24, 2.45) is 0 Å². The van der Waals surface area contributed by atoms with Crippen molar-refractivity contribution < 1.29 is 14.1 Å². The Bertz CT molecular complexity index is 919. The molecule has 6 nitrogen and oxygen atoms in total. The minimum atomic E-state index is -0.268. The molecular weight excluding hydrogens is 318 g/mol.